The maximum absolute atomic E-state index is 12.8. The number of carbonyl (C=O) groups is 1. The molecule has 1 fully saturated rings. The van der Waals surface area contributed by atoms with Crippen LogP contribution in [-0.4, -0.2) is 50.8 Å². The minimum absolute atomic E-state index is 0.0325. The Labute approximate surface area is 174 Å². The van der Waals surface area contributed by atoms with E-state index in [4.69, 9.17) is 9.47 Å². The second kappa shape index (κ2) is 9.52. The van der Waals surface area contributed by atoms with Crippen LogP contribution in [0.4, 0.5) is 0 Å². The third-order valence-electron chi connectivity index (χ3n) is 4.88. The number of methoxy groups -OCH3 is 1. The molecule has 0 aliphatic carbocycles. The fourth-order valence-electron chi connectivity index (χ4n) is 3.28. The van der Waals surface area contributed by atoms with Crippen molar-refractivity contribution in [3.63, 3.8) is 0 Å². The Morgan fingerprint density at radius 3 is 2.59 bits per heavy atom. The minimum Gasteiger partial charge on any atom is -0.497 e. The van der Waals surface area contributed by atoms with Crippen LogP contribution in [-0.2, 0) is 4.74 Å². The molecule has 3 rings (SSSR count). The molecule has 1 unspecified atom stereocenters. The van der Waals surface area contributed by atoms with E-state index in [9.17, 15) is 4.79 Å². The molecule has 2 aromatic rings. The summed E-state index contributed by atoms with van der Waals surface area (Å²) in [4.78, 5) is 15.1. The molecule has 0 aromatic heterocycles. The molecule has 2 aromatic carbocycles. The second-order valence-corrected chi connectivity index (χ2v) is 7.66. The Bertz CT molecular complexity index is 773. The van der Waals surface area contributed by atoms with Crippen molar-refractivity contribution < 1.29 is 14.3 Å². The van der Waals surface area contributed by atoms with Crippen LogP contribution in [0.2, 0.25) is 0 Å². The first kappa shape index (κ1) is 20.1. The smallest absolute Gasteiger partial charge is 0.252 e. The van der Waals surface area contributed by atoms with Crippen LogP contribution in [0.5, 0.6) is 5.75 Å². The summed E-state index contributed by atoms with van der Waals surface area (Å²) < 4.78 is 11.8. The van der Waals surface area contributed by atoms with Gasteiger partial charge in [-0.25, -0.2) is 0 Å². The fraction of sp³-hybridized carbons (Fsp3) is 0.381. The second-order valence-electron chi connectivity index (χ2n) is 6.58. The van der Waals surface area contributed by atoms with Crippen LogP contribution in [0, 0.1) is 10.5 Å². The Hall–Kier alpha value is -1.64. The summed E-state index contributed by atoms with van der Waals surface area (Å²) >= 11 is 2.24. The van der Waals surface area contributed by atoms with Crippen LogP contribution in [0.3, 0.4) is 0 Å². The molecule has 6 heteroatoms. The van der Waals surface area contributed by atoms with Gasteiger partial charge in [-0.05, 0) is 58.8 Å². The van der Waals surface area contributed by atoms with Gasteiger partial charge in [0, 0.05) is 23.2 Å². The highest BCUT2D eigenvalue weighted by Gasteiger charge is 2.24. The number of hydrogen-bond acceptors (Lipinski definition) is 4. The molecule has 0 spiro atoms. The number of hydrogen-bond donors (Lipinski definition) is 1. The number of amides is 1. The van der Waals surface area contributed by atoms with Gasteiger partial charge in [0.15, 0.2) is 0 Å². The normalized spacial score (nSPS) is 16.0. The number of ether oxygens (including phenoxy) is 2. The predicted molar refractivity (Wildman–Crippen MR) is 114 cm³/mol. The van der Waals surface area contributed by atoms with Crippen LogP contribution >= 0.6 is 22.6 Å². The van der Waals surface area contributed by atoms with Crippen molar-refractivity contribution in [1.29, 1.82) is 0 Å². The molecule has 1 aliphatic rings. The summed E-state index contributed by atoms with van der Waals surface area (Å²) in [6, 6.07) is 14.0. The number of rotatable bonds is 6. The Balaban J connectivity index is 1.76. The lowest BCUT2D eigenvalue weighted by Gasteiger charge is -2.35. The quantitative estimate of drug-likeness (QED) is 0.645. The highest BCUT2D eigenvalue weighted by molar-refractivity contribution is 14.1. The van der Waals surface area contributed by atoms with E-state index in [2.05, 4.69) is 44.9 Å². The Morgan fingerprint density at radius 2 is 1.93 bits per heavy atom. The topological polar surface area (TPSA) is 50.8 Å². The van der Waals surface area contributed by atoms with Crippen LogP contribution in [0.1, 0.15) is 27.5 Å². The van der Waals surface area contributed by atoms with E-state index in [1.165, 1.54) is 0 Å². The molecule has 27 heavy (non-hydrogen) atoms. The lowest BCUT2D eigenvalue weighted by atomic mass is 10.0. The zero-order valence-corrected chi connectivity index (χ0v) is 17.9. The number of morpholine rings is 1. The molecule has 1 aliphatic heterocycles. The Kier molecular flexibility index (Phi) is 7.09. The van der Waals surface area contributed by atoms with Crippen LogP contribution in [0.25, 0.3) is 0 Å². The average Bonchev–Trinajstić information content (AvgIpc) is 2.71. The van der Waals surface area contributed by atoms with E-state index >= 15 is 0 Å². The van der Waals surface area contributed by atoms with Gasteiger partial charge in [0.1, 0.15) is 5.75 Å². The van der Waals surface area contributed by atoms with E-state index in [0.717, 1.165) is 52.3 Å². The zero-order chi connectivity index (χ0) is 19.2. The maximum Gasteiger partial charge on any atom is 0.252 e. The molecular weight excluding hydrogens is 455 g/mol. The first-order chi connectivity index (χ1) is 13.1. The summed E-state index contributed by atoms with van der Waals surface area (Å²) in [5, 5.41) is 3.13. The lowest BCUT2D eigenvalue weighted by Crippen LogP contribution is -2.43. The molecule has 1 heterocycles. The maximum atomic E-state index is 12.8. The number of nitrogens with one attached hydrogen (secondary N) is 1. The number of benzene rings is 2. The highest BCUT2D eigenvalue weighted by Crippen LogP contribution is 2.24. The third-order valence-corrected chi connectivity index (χ3v) is 6.31. The molecule has 144 valence electrons. The van der Waals surface area contributed by atoms with Crippen LogP contribution < -0.4 is 10.1 Å². The predicted octanol–water partition coefficient (Wildman–Crippen LogP) is 3.41. The average molecular weight is 480 g/mol. The van der Waals surface area contributed by atoms with E-state index in [0.29, 0.717) is 6.54 Å². The summed E-state index contributed by atoms with van der Waals surface area (Å²) in [5.41, 5.74) is 3.01. The standard InChI is InChI=1S/C21H25IN2O3/c1-15-4-3-5-18(20(15)22)21(25)23-14-19(24-10-12-27-13-11-24)16-6-8-17(26-2)9-7-16/h3-9,19H,10-14H2,1-2H3,(H,23,25). The monoisotopic (exact) mass is 480 g/mol. The molecule has 0 bridgehead atoms. The molecule has 1 saturated heterocycles. The molecule has 5 nitrogen and oxygen atoms in total. The van der Waals surface area contributed by atoms with Crippen molar-refractivity contribution in [1.82, 2.24) is 10.2 Å². The molecule has 1 amide bonds. The van der Waals surface area contributed by atoms with Crippen molar-refractivity contribution in [3.8, 4) is 5.75 Å². The van der Waals surface area contributed by atoms with Gasteiger partial charge in [0.2, 0.25) is 0 Å². The molecule has 0 saturated carbocycles. The molecule has 1 N–H and O–H groups in total. The number of aryl methyl sites for hydroxylation is 1. The van der Waals surface area contributed by atoms with Crippen molar-refractivity contribution >= 4 is 28.5 Å². The highest BCUT2D eigenvalue weighted by atomic mass is 127. The van der Waals surface area contributed by atoms with Crippen LogP contribution in [0.15, 0.2) is 42.5 Å². The van der Waals surface area contributed by atoms with Gasteiger partial charge in [0.05, 0.1) is 31.9 Å². The third kappa shape index (κ3) is 5.00. The van der Waals surface area contributed by atoms with Gasteiger partial charge < -0.3 is 14.8 Å². The van der Waals surface area contributed by atoms with Crippen molar-refractivity contribution in [2.45, 2.75) is 13.0 Å². The van der Waals surface area contributed by atoms with Gasteiger partial charge in [-0.1, -0.05) is 24.3 Å². The van der Waals surface area contributed by atoms with Gasteiger partial charge in [0.25, 0.3) is 5.91 Å². The number of carbonyl (C=O) groups excluding carboxylic acids is 1. The largest absolute Gasteiger partial charge is 0.497 e. The van der Waals surface area contributed by atoms with Gasteiger partial charge >= 0.3 is 0 Å². The molecular formula is C21H25IN2O3. The Morgan fingerprint density at radius 1 is 1.22 bits per heavy atom. The van der Waals surface area contributed by atoms with E-state index in [1.807, 2.05) is 37.3 Å². The first-order valence-electron chi connectivity index (χ1n) is 9.09. The van der Waals surface area contributed by atoms with Gasteiger partial charge in [-0.3, -0.25) is 9.69 Å². The summed E-state index contributed by atoms with van der Waals surface area (Å²) in [7, 11) is 1.66. The first-order valence-corrected chi connectivity index (χ1v) is 10.2. The van der Waals surface area contributed by atoms with Gasteiger partial charge in [-0.2, -0.15) is 0 Å². The van der Waals surface area contributed by atoms with E-state index < -0.39 is 0 Å². The molecule has 1 atom stereocenters. The van der Waals surface area contributed by atoms with Gasteiger partial charge in [-0.15, -0.1) is 0 Å². The minimum atomic E-state index is -0.0325. The van der Waals surface area contributed by atoms with E-state index in [-0.39, 0.29) is 11.9 Å². The zero-order valence-electron chi connectivity index (χ0n) is 15.7. The lowest BCUT2D eigenvalue weighted by molar-refractivity contribution is 0.0162. The fourth-order valence-corrected chi connectivity index (χ4v) is 3.88. The van der Waals surface area contributed by atoms with Crippen molar-refractivity contribution in [2.75, 3.05) is 40.0 Å². The number of halogens is 1. The SMILES string of the molecule is COc1ccc(C(CNC(=O)c2cccc(C)c2I)N2CCOCC2)cc1. The summed E-state index contributed by atoms with van der Waals surface area (Å²) in [6.45, 7) is 5.72. The molecule has 0 radical (unpaired) electrons. The summed E-state index contributed by atoms with van der Waals surface area (Å²) in [6.07, 6.45) is 0. The van der Waals surface area contributed by atoms with Crippen molar-refractivity contribution in [3.05, 3.63) is 62.7 Å². The van der Waals surface area contributed by atoms with E-state index in [1.54, 1.807) is 7.11 Å². The number of nitrogens with zero attached hydrogens (tertiary/aromatic N) is 1. The van der Waals surface area contributed by atoms with Crippen molar-refractivity contribution in [2.24, 2.45) is 0 Å². The summed E-state index contributed by atoms with van der Waals surface area (Å²) in [5.74, 6) is 0.799.